The molecule has 1 aliphatic rings. The molecule has 2 atom stereocenters. The number of carbonyl (C=O) groups is 2. The highest BCUT2D eigenvalue weighted by Gasteiger charge is 2.24. The van der Waals surface area contributed by atoms with Gasteiger partial charge in [0.05, 0.1) is 12.0 Å². The van der Waals surface area contributed by atoms with E-state index in [2.05, 4.69) is 5.32 Å². The molecule has 0 spiro atoms. The van der Waals surface area contributed by atoms with E-state index < -0.39 is 18.0 Å². The van der Waals surface area contributed by atoms with E-state index in [0.717, 1.165) is 25.7 Å². The Kier molecular flexibility index (Phi) is 7.25. The molecule has 0 bridgehead atoms. The molecule has 0 aromatic heterocycles. The van der Waals surface area contributed by atoms with E-state index in [1.54, 1.807) is 31.2 Å². The fraction of sp³-hybridized carbons (Fsp3) is 0.579. The molecule has 132 valence electrons. The first kappa shape index (κ1) is 18.5. The van der Waals surface area contributed by atoms with E-state index in [0.29, 0.717) is 5.56 Å². The summed E-state index contributed by atoms with van der Waals surface area (Å²) in [6.07, 6.45) is 6.34. The topological polar surface area (TPSA) is 75.6 Å². The number of ether oxygens (including phenoxy) is 1. The van der Waals surface area contributed by atoms with Crippen LogP contribution in [0.1, 0.15) is 56.9 Å². The van der Waals surface area contributed by atoms with Crippen molar-refractivity contribution in [1.82, 2.24) is 5.32 Å². The van der Waals surface area contributed by atoms with E-state index in [-0.39, 0.29) is 18.6 Å². The van der Waals surface area contributed by atoms with Crippen molar-refractivity contribution in [2.45, 2.75) is 63.6 Å². The predicted octanol–water partition coefficient (Wildman–Crippen LogP) is 3.10. The maximum absolute atomic E-state index is 12.2. The SMILES string of the molecule is CC(OC1CCCCCC1)C(=O)NCC(C(=O)O)c1ccccc1. The molecule has 1 saturated carbocycles. The molecule has 2 N–H and O–H groups in total. The van der Waals surface area contributed by atoms with E-state index in [1.807, 2.05) is 6.07 Å². The lowest BCUT2D eigenvalue weighted by Crippen LogP contribution is -2.40. The highest BCUT2D eigenvalue weighted by molar-refractivity contribution is 5.82. The fourth-order valence-corrected chi connectivity index (χ4v) is 3.11. The quantitative estimate of drug-likeness (QED) is 0.752. The molecule has 1 aliphatic carbocycles. The van der Waals surface area contributed by atoms with Crippen LogP contribution in [0.4, 0.5) is 0 Å². The largest absolute Gasteiger partial charge is 0.481 e. The number of amides is 1. The summed E-state index contributed by atoms with van der Waals surface area (Å²) in [5, 5.41) is 12.1. The lowest BCUT2D eigenvalue weighted by Gasteiger charge is -2.21. The minimum absolute atomic E-state index is 0.0660. The number of hydrogen-bond donors (Lipinski definition) is 2. The first-order valence-corrected chi connectivity index (χ1v) is 8.79. The standard InChI is InChI=1S/C19H27NO4/c1-14(24-16-11-7-2-3-8-12-16)18(21)20-13-17(19(22)23)15-9-5-4-6-10-15/h4-6,9-10,14,16-17H,2-3,7-8,11-13H2,1H3,(H,20,21)(H,22,23). The van der Waals surface area contributed by atoms with E-state index in [4.69, 9.17) is 4.74 Å². The molecule has 0 saturated heterocycles. The number of hydrogen-bond acceptors (Lipinski definition) is 3. The normalized spacial score (nSPS) is 18.4. The summed E-state index contributed by atoms with van der Waals surface area (Å²) in [7, 11) is 0. The van der Waals surface area contributed by atoms with Gasteiger partial charge in [-0.05, 0) is 25.3 Å². The van der Waals surface area contributed by atoms with E-state index >= 15 is 0 Å². The minimum Gasteiger partial charge on any atom is -0.481 e. The second-order valence-corrected chi connectivity index (χ2v) is 6.44. The van der Waals surface area contributed by atoms with Crippen molar-refractivity contribution in [2.24, 2.45) is 0 Å². The lowest BCUT2D eigenvalue weighted by atomic mass is 9.99. The van der Waals surface area contributed by atoms with E-state index in [1.165, 1.54) is 12.8 Å². The zero-order valence-corrected chi connectivity index (χ0v) is 14.2. The molecule has 0 radical (unpaired) electrons. The Hall–Kier alpha value is -1.88. The van der Waals surface area contributed by atoms with Crippen molar-refractivity contribution in [3.05, 3.63) is 35.9 Å². The average molecular weight is 333 g/mol. The van der Waals surface area contributed by atoms with Gasteiger partial charge in [0.25, 0.3) is 0 Å². The van der Waals surface area contributed by atoms with Gasteiger partial charge in [-0.15, -0.1) is 0 Å². The molecular weight excluding hydrogens is 306 g/mol. The Morgan fingerprint density at radius 2 is 1.79 bits per heavy atom. The molecule has 1 aromatic rings. The van der Waals surface area contributed by atoms with Crippen molar-refractivity contribution < 1.29 is 19.4 Å². The number of carbonyl (C=O) groups excluding carboxylic acids is 1. The maximum atomic E-state index is 12.2. The summed E-state index contributed by atoms with van der Waals surface area (Å²) in [5.74, 6) is -1.94. The fourth-order valence-electron chi connectivity index (χ4n) is 3.11. The average Bonchev–Trinajstić information content (AvgIpc) is 2.84. The molecule has 5 nitrogen and oxygen atoms in total. The Balaban J connectivity index is 1.84. The van der Waals surface area contributed by atoms with Crippen LogP contribution < -0.4 is 5.32 Å². The van der Waals surface area contributed by atoms with Gasteiger partial charge in [-0.1, -0.05) is 56.0 Å². The Bertz CT molecular complexity index is 523. The molecule has 1 aromatic carbocycles. The summed E-state index contributed by atoms with van der Waals surface area (Å²) in [6.45, 7) is 1.80. The van der Waals surface area contributed by atoms with Crippen LogP contribution in [0.25, 0.3) is 0 Å². The summed E-state index contributed by atoms with van der Waals surface area (Å²) >= 11 is 0. The van der Waals surface area contributed by atoms with Gasteiger partial charge in [0.1, 0.15) is 6.10 Å². The van der Waals surface area contributed by atoms with Gasteiger partial charge in [-0.25, -0.2) is 0 Å². The number of carboxylic acids is 1. The van der Waals surface area contributed by atoms with Gasteiger partial charge < -0.3 is 15.2 Å². The van der Waals surface area contributed by atoms with Crippen molar-refractivity contribution in [2.75, 3.05) is 6.54 Å². The number of benzene rings is 1. The monoisotopic (exact) mass is 333 g/mol. The summed E-state index contributed by atoms with van der Waals surface area (Å²) in [6, 6.07) is 8.95. The van der Waals surface area contributed by atoms with Crippen LogP contribution in [0.3, 0.4) is 0 Å². The molecule has 0 aliphatic heterocycles. The highest BCUT2D eigenvalue weighted by Crippen LogP contribution is 2.21. The van der Waals surface area contributed by atoms with Gasteiger partial charge in [-0.3, -0.25) is 9.59 Å². The van der Waals surface area contributed by atoms with Crippen LogP contribution >= 0.6 is 0 Å². The summed E-state index contributed by atoms with van der Waals surface area (Å²) in [5.41, 5.74) is 0.683. The lowest BCUT2D eigenvalue weighted by molar-refractivity contribution is -0.139. The van der Waals surface area contributed by atoms with Crippen molar-refractivity contribution in [1.29, 1.82) is 0 Å². The maximum Gasteiger partial charge on any atom is 0.312 e. The van der Waals surface area contributed by atoms with Crippen molar-refractivity contribution in [3.8, 4) is 0 Å². The molecule has 1 fully saturated rings. The number of nitrogens with one attached hydrogen (secondary N) is 1. The molecule has 1 amide bonds. The van der Waals surface area contributed by atoms with Crippen LogP contribution in [0.15, 0.2) is 30.3 Å². The number of rotatable bonds is 7. The molecule has 24 heavy (non-hydrogen) atoms. The van der Waals surface area contributed by atoms with Gasteiger partial charge in [0, 0.05) is 6.54 Å². The Labute approximate surface area is 143 Å². The highest BCUT2D eigenvalue weighted by atomic mass is 16.5. The first-order valence-electron chi connectivity index (χ1n) is 8.79. The zero-order valence-electron chi connectivity index (χ0n) is 14.2. The van der Waals surface area contributed by atoms with Crippen molar-refractivity contribution in [3.63, 3.8) is 0 Å². The van der Waals surface area contributed by atoms with Crippen LogP contribution in [0, 0.1) is 0 Å². The Morgan fingerprint density at radius 3 is 2.38 bits per heavy atom. The summed E-state index contributed by atoms with van der Waals surface area (Å²) < 4.78 is 5.87. The van der Waals surface area contributed by atoms with Crippen LogP contribution in [0.2, 0.25) is 0 Å². The third-order valence-electron chi connectivity index (χ3n) is 4.55. The smallest absolute Gasteiger partial charge is 0.312 e. The third kappa shape index (κ3) is 5.64. The predicted molar refractivity (Wildman–Crippen MR) is 91.9 cm³/mol. The van der Waals surface area contributed by atoms with Crippen LogP contribution in [-0.2, 0) is 14.3 Å². The zero-order chi connectivity index (χ0) is 17.4. The minimum atomic E-state index is -0.946. The van der Waals surface area contributed by atoms with Gasteiger partial charge in [-0.2, -0.15) is 0 Å². The molecule has 2 unspecified atom stereocenters. The molecule has 2 rings (SSSR count). The van der Waals surface area contributed by atoms with Crippen molar-refractivity contribution >= 4 is 11.9 Å². The van der Waals surface area contributed by atoms with Crippen LogP contribution in [0.5, 0.6) is 0 Å². The van der Waals surface area contributed by atoms with Gasteiger partial charge >= 0.3 is 5.97 Å². The van der Waals surface area contributed by atoms with Gasteiger partial charge in [0.2, 0.25) is 5.91 Å². The molecular formula is C19H27NO4. The second-order valence-electron chi connectivity index (χ2n) is 6.44. The van der Waals surface area contributed by atoms with E-state index in [9.17, 15) is 14.7 Å². The van der Waals surface area contributed by atoms with Crippen LogP contribution in [-0.4, -0.2) is 35.7 Å². The number of carboxylic acid groups (broad SMARTS) is 1. The summed E-state index contributed by atoms with van der Waals surface area (Å²) in [4.78, 5) is 23.7. The first-order chi connectivity index (χ1) is 11.6. The van der Waals surface area contributed by atoms with Gasteiger partial charge in [0.15, 0.2) is 0 Å². The number of aliphatic carboxylic acids is 1. The Morgan fingerprint density at radius 1 is 1.17 bits per heavy atom. The second kappa shape index (κ2) is 9.42. The molecule has 0 heterocycles. The molecule has 5 heteroatoms. The third-order valence-corrected chi connectivity index (χ3v) is 4.55.